The molecular formula is C37H43N7O4S. The van der Waals surface area contributed by atoms with E-state index in [9.17, 15) is 13.2 Å². The van der Waals surface area contributed by atoms with E-state index >= 15 is 0 Å². The molecule has 0 unspecified atom stereocenters. The number of aryl methyl sites for hydroxylation is 2. The van der Waals surface area contributed by atoms with E-state index < -0.39 is 16.1 Å². The molecule has 1 saturated carbocycles. The summed E-state index contributed by atoms with van der Waals surface area (Å²) in [5, 5.41) is 0. The first-order valence-electron chi connectivity index (χ1n) is 16.9. The number of rotatable bonds is 5. The molecule has 11 nitrogen and oxygen atoms in total. The van der Waals surface area contributed by atoms with Crippen molar-refractivity contribution in [1.29, 1.82) is 0 Å². The van der Waals surface area contributed by atoms with Gasteiger partial charge in [-0.05, 0) is 79.7 Å². The fourth-order valence-corrected chi connectivity index (χ4v) is 8.36. The number of ether oxygens (including phenoxy) is 1. The minimum atomic E-state index is -4.17. The van der Waals surface area contributed by atoms with Crippen LogP contribution in [-0.2, 0) is 16.6 Å². The molecule has 6 bridgehead atoms. The summed E-state index contributed by atoms with van der Waals surface area (Å²) in [5.74, 6) is 1.73. The van der Waals surface area contributed by atoms with Gasteiger partial charge in [0.25, 0.3) is 15.9 Å². The predicted octanol–water partition coefficient (Wildman–Crippen LogP) is 6.04. The highest BCUT2D eigenvalue weighted by molar-refractivity contribution is 7.92. The molecule has 3 fully saturated rings. The Hall–Kier alpha value is -4.58. The average molecular weight is 682 g/mol. The van der Waals surface area contributed by atoms with Crippen LogP contribution in [0.3, 0.4) is 0 Å². The van der Waals surface area contributed by atoms with Gasteiger partial charge in [0.1, 0.15) is 12.4 Å². The standard InChI is InChI=1S/C37H43N7O4S/c1-23-8-6-9-24(2)34(23)31-15-33-41-36(40-31)42-49(46,47)30-11-7-10-27(14-30)35(45)44(28(22-48-33)16-37(3,4)5)21-32-38-17-29(18-39-32)43-19-25-12-26(13-25)20-43/h6-11,14-15,17-18,25-26,28H,12-13,16,19-22H2,1-5H3,(H,40,41,42)/t25?,26?,28-/m1/s1. The second kappa shape index (κ2) is 12.7. The van der Waals surface area contributed by atoms with Crippen LogP contribution in [0.2, 0.25) is 0 Å². The first kappa shape index (κ1) is 32.9. The fourth-order valence-electron chi connectivity index (χ4n) is 7.37. The Balaban J connectivity index is 1.29. The highest BCUT2D eigenvalue weighted by Crippen LogP contribution is 2.41. The van der Waals surface area contributed by atoms with E-state index in [1.807, 2.05) is 44.4 Å². The Morgan fingerprint density at radius 1 is 0.939 bits per heavy atom. The highest BCUT2D eigenvalue weighted by atomic mass is 32.2. The maximum Gasteiger partial charge on any atom is 0.264 e. The number of aromatic nitrogens is 4. The van der Waals surface area contributed by atoms with E-state index in [0.29, 0.717) is 17.9 Å². The Labute approximate surface area is 288 Å². The molecule has 2 aromatic heterocycles. The Morgan fingerprint density at radius 3 is 2.29 bits per heavy atom. The van der Waals surface area contributed by atoms with Gasteiger partial charge in [-0.3, -0.25) is 4.79 Å². The number of hydrogen-bond acceptors (Lipinski definition) is 9. The van der Waals surface area contributed by atoms with E-state index in [4.69, 9.17) is 14.7 Å². The van der Waals surface area contributed by atoms with Gasteiger partial charge < -0.3 is 14.5 Å². The molecule has 4 aromatic rings. The summed E-state index contributed by atoms with van der Waals surface area (Å²) in [7, 11) is -4.17. The summed E-state index contributed by atoms with van der Waals surface area (Å²) in [6.45, 7) is 12.6. The van der Waals surface area contributed by atoms with Gasteiger partial charge in [-0.2, -0.15) is 4.98 Å². The van der Waals surface area contributed by atoms with Gasteiger partial charge in [-0.1, -0.05) is 45.0 Å². The first-order valence-corrected chi connectivity index (χ1v) is 18.4. The third kappa shape index (κ3) is 7.10. The SMILES string of the molecule is Cc1cccc(C)c1-c1cc2nc(n1)NS(=O)(=O)c1cccc(c1)C(=O)N(Cc1ncc(N3CC4CC(C4)C3)cn1)[C@H](CC(C)(C)C)CO2. The lowest BCUT2D eigenvalue weighted by atomic mass is 9.71. The van der Waals surface area contributed by atoms with Crippen LogP contribution < -0.4 is 14.4 Å². The third-order valence-electron chi connectivity index (χ3n) is 9.69. The molecule has 8 rings (SSSR count). The number of fused-ring (bicyclic) bond motifs is 6. The third-order valence-corrected chi connectivity index (χ3v) is 11.0. The maximum absolute atomic E-state index is 14.4. The molecule has 2 aromatic carbocycles. The van der Waals surface area contributed by atoms with E-state index in [1.54, 1.807) is 23.1 Å². The number of hydrogen-bond donors (Lipinski definition) is 1. The van der Waals surface area contributed by atoms with Crippen LogP contribution in [0.25, 0.3) is 11.3 Å². The van der Waals surface area contributed by atoms with Crippen LogP contribution in [0.5, 0.6) is 5.88 Å². The molecule has 12 heteroatoms. The number of carbonyl (C=O) groups excluding carboxylic acids is 1. The normalized spacial score (nSPS) is 21.7. The molecule has 1 aliphatic carbocycles. The number of nitrogens with zero attached hydrogens (tertiary/aromatic N) is 6. The van der Waals surface area contributed by atoms with Gasteiger partial charge in [0, 0.05) is 30.3 Å². The molecule has 0 radical (unpaired) electrons. The van der Waals surface area contributed by atoms with Crippen LogP contribution in [-0.4, -0.2) is 64.9 Å². The van der Waals surface area contributed by atoms with E-state index in [-0.39, 0.29) is 46.8 Å². The molecule has 0 spiro atoms. The molecule has 4 aliphatic rings. The number of anilines is 2. The zero-order chi connectivity index (χ0) is 34.5. The Bertz CT molecular complexity index is 1960. The number of amides is 1. The van der Waals surface area contributed by atoms with Crippen molar-refractivity contribution in [3.05, 3.63) is 83.4 Å². The molecular weight excluding hydrogens is 639 g/mol. The van der Waals surface area contributed by atoms with E-state index in [0.717, 1.165) is 47.3 Å². The van der Waals surface area contributed by atoms with Gasteiger partial charge in [-0.25, -0.2) is 28.1 Å². The van der Waals surface area contributed by atoms with Crippen LogP contribution in [0.1, 0.15) is 67.3 Å². The van der Waals surface area contributed by atoms with Gasteiger partial charge in [-0.15, -0.1) is 0 Å². The summed E-state index contributed by atoms with van der Waals surface area (Å²) >= 11 is 0. The van der Waals surface area contributed by atoms with E-state index in [1.165, 1.54) is 25.0 Å². The van der Waals surface area contributed by atoms with Crippen molar-refractivity contribution >= 4 is 27.6 Å². The van der Waals surface area contributed by atoms with Crippen molar-refractivity contribution < 1.29 is 17.9 Å². The molecule has 1 amide bonds. The van der Waals surface area contributed by atoms with Crippen LogP contribution in [0.15, 0.2) is 65.8 Å². The van der Waals surface area contributed by atoms with Gasteiger partial charge in [0.2, 0.25) is 11.8 Å². The largest absolute Gasteiger partial charge is 0.475 e. The highest BCUT2D eigenvalue weighted by Gasteiger charge is 2.37. The lowest BCUT2D eigenvalue weighted by Gasteiger charge is -2.48. The summed E-state index contributed by atoms with van der Waals surface area (Å²) in [4.78, 5) is 37.0. The lowest BCUT2D eigenvalue weighted by Crippen LogP contribution is -2.48. The molecule has 5 heterocycles. The molecule has 49 heavy (non-hydrogen) atoms. The fraction of sp³-hybridized carbons (Fsp3) is 0.432. The minimum Gasteiger partial charge on any atom is -0.475 e. The Kier molecular flexibility index (Phi) is 8.54. The van der Waals surface area contributed by atoms with Gasteiger partial charge >= 0.3 is 0 Å². The smallest absolute Gasteiger partial charge is 0.264 e. The number of piperidine rings is 2. The zero-order valence-electron chi connectivity index (χ0n) is 28.7. The van der Waals surface area contributed by atoms with Crippen molar-refractivity contribution in [2.24, 2.45) is 17.3 Å². The number of benzene rings is 2. The topological polar surface area (TPSA) is 131 Å². The lowest BCUT2D eigenvalue weighted by molar-refractivity contribution is 0.0505. The first-order chi connectivity index (χ1) is 23.3. The average Bonchev–Trinajstić information content (AvgIpc) is 3.04. The Morgan fingerprint density at radius 2 is 1.61 bits per heavy atom. The molecule has 1 atom stereocenters. The second-order valence-electron chi connectivity index (χ2n) is 14.9. The minimum absolute atomic E-state index is 0.0753. The summed E-state index contributed by atoms with van der Waals surface area (Å²) in [6, 6.07) is 13.3. The number of nitrogens with one attached hydrogen (secondary N) is 1. The van der Waals surface area contributed by atoms with Crippen LogP contribution >= 0.6 is 0 Å². The van der Waals surface area contributed by atoms with Crippen molar-refractivity contribution in [2.75, 3.05) is 29.3 Å². The van der Waals surface area contributed by atoms with Gasteiger partial charge in [0.05, 0.1) is 41.3 Å². The van der Waals surface area contributed by atoms with Crippen molar-refractivity contribution in [3.8, 4) is 17.1 Å². The van der Waals surface area contributed by atoms with E-state index in [2.05, 4.69) is 40.4 Å². The quantitative estimate of drug-likeness (QED) is 0.268. The zero-order valence-corrected chi connectivity index (χ0v) is 29.5. The van der Waals surface area contributed by atoms with Crippen LogP contribution in [0, 0.1) is 31.1 Å². The maximum atomic E-state index is 14.4. The molecule has 3 aliphatic heterocycles. The molecule has 2 saturated heterocycles. The van der Waals surface area contributed by atoms with Crippen molar-refractivity contribution in [3.63, 3.8) is 0 Å². The number of sulfonamides is 1. The number of carbonyl (C=O) groups is 1. The van der Waals surface area contributed by atoms with Gasteiger partial charge in [0.15, 0.2) is 0 Å². The summed E-state index contributed by atoms with van der Waals surface area (Å²) < 4.78 is 36.3. The monoisotopic (exact) mass is 681 g/mol. The predicted molar refractivity (Wildman–Crippen MR) is 188 cm³/mol. The van der Waals surface area contributed by atoms with Crippen molar-refractivity contribution in [1.82, 2.24) is 24.8 Å². The molecule has 1 N–H and O–H groups in total. The molecule has 256 valence electrons. The van der Waals surface area contributed by atoms with Crippen molar-refractivity contribution in [2.45, 2.75) is 71.4 Å². The summed E-state index contributed by atoms with van der Waals surface area (Å²) in [6.07, 6.45) is 6.91. The van der Waals surface area contributed by atoms with Crippen LogP contribution in [0.4, 0.5) is 11.6 Å². The summed E-state index contributed by atoms with van der Waals surface area (Å²) in [5.41, 5.74) is 4.40. The second-order valence-corrected chi connectivity index (χ2v) is 16.6.